The zero-order valence-electron chi connectivity index (χ0n) is 13.5. The first-order valence-corrected chi connectivity index (χ1v) is 7.02. The molecule has 0 aliphatic carbocycles. The second kappa shape index (κ2) is 9.09. The van der Waals surface area contributed by atoms with Crippen molar-refractivity contribution >= 4 is 23.3 Å². The quantitative estimate of drug-likeness (QED) is 0.270. The molecule has 0 saturated carbocycles. The Morgan fingerprint density at radius 2 is 2.04 bits per heavy atom. The van der Waals surface area contributed by atoms with E-state index in [1.54, 1.807) is 19.1 Å². The summed E-state index contributed by atoms with van der Waals surface area (Å²) in [6, 6.07) is 3.78. The number of nitro benzene ring substituents is 1. The number of hydrogen-bond donors (Lipinski definition) is 1. The lowest BCUT2D eigenvalue weighted by molar-refractivity contribution is -0.384. The van der Waals surface area contributed by atoms with Gasteiger partial charge in [0.2, 0.25) is 0 Å². The van der Waals surface area contributed by atoms with Crippen molar-refractivity contribution in [1.29, 1.82) is 0 Å². The third kappa shape index (κ3) is 5.56. The number of allylic oxidation sites excluding steroid dienone is 3. The highest BCUT2D eigenvalue weighted by molar-refractivity contribution is 5.97. The van der Waals surface area contributed by atoms with Crippen LogP contribution in [0.1, 0.15) is 13.8 Å². The number of ether oxygens (including phenoxy) is 2. The van der Waals surface area contributed by atoms with E-state index in [-0.39, 0.29) is 17.1 Å². The van der Waals surface area contributed by atoms with Crippen LogP contribution in [0.25, 0.3) is 0 Å². The van der Waals surface area contributed by atoms with Gasteiger partial charge in [0.15, 0.2) is 6.10 Å². The average Bonchev–Trinajstić information content (AvgIpc) is 2.54. The van der Waals surface area contributed by atoms with Crippen molar-refractivity contribution in [3.8, 4) is 5.75 Å². The Bertz CT molecular complexity index is 681. The molecule has 0 aliphatic rings. The van der Waals surface area contributed by atoms with E-state index >= 15 is 0 Å². The van der Waals surface area contributed by atoms with Crippen LogP contribution in [0.4, 0.5) is 11.4 Å². The van der Waals surface area contributed by atoms with Gasteiger partial charge in [-0.3, -0.25) is 14.9 Å². The molecule has 8 heteroatoms. The number of carbonyl (C=O) groups excluding carboxylic acids is 2. The van der Waals surface area contributed by atoms with Crippen LogP contribution in [0.15, 0.2) is 42.5 Å². The normalized spacial score (nSPS) is 12.1. The summed E-state index contributed by atoms with van der Waals surface area (Å²) in [7, 11) is 1.37. The van der Waals surface area contributed by atoms with Crippen molar-refractivity contribution in [1.82, 2.24) is 0 Å². The maximum atomic E-state index is 12.1. The predicted octanol–water partition coefficient (Wildman–Crippen LogP) is 2.61. The maximum absolute atomic E-state index is 12.1. The summed E-state index contributed by atoms with van der Waals surface area (Å²) in [5, 5.41) is 13.3. The van der Waals surface area contributed by atoms with Gasteiger partial charge in [-0.25, -0.2) is 4.79 Å². The predicted molar refractivity (Wildman–Crippen MR) is 87.8 cm³/mol. The summed E-state index contributed by atoms with van der Waals surface area (Å²) < 4.78 is 9.98. The highest BCUT2D eigenvalue weighted by Gasteiger charge is 2.20. The standard InChI is InChI=1S/C16H18N2O6/c1-4-5-6-7-15(19)24-11(2)16(20)17-13-10-12(18(21)22)8-9-14(13)23-3/h4-11H,1-3H3,(H,17,20). The van der Waals surface area contributed by atoms with Crippen LogP contribution in [0, 0.1) is 10.1 Å². The van der Waals surface area contributed by atoms with Gasteiger partial charge in [-0.1, -0.05) is 18.2 Å². The molecule has 1 atom stereocenters. The highest BCUT2D eigenvalue weighted by atomic mass is 16.6. The fourth-order valence-electron chi connectivity index (χ4n) is 1.65. The Balaban J connectivity index is 2.81. The molecule has 0 heterocycles. The molecular weight excluding hydrogens is 316 g/mol. The van der Waals surface area contributed by atoms with Crippen LogP contribution in [0.3, 0.4) is 0 Å². The van der Waals surface area contributed by atoms with E-state index in [9.17, 15) is 19.7 Å². The topological polar surface area (TPSA) is 108 Å². The molecule has 1 unspecified atom stereocenters. The van der Waals surface area contributed by atoms with Crippen LogP contribution in [-0.2, 0) is 14.3 Å². The summed E-state index contributed by atoms with van der Waals surface area (Å²) in [5.74, 6) is -1.07. The lowest BCUT2D eigenvalue weighted by atomic mass is 10.2. The van der Waals surface area contributed by atoms with E-state index in [0.717, 1.165) is 6.07 Å². The molecule has 8 nitrogen and oxygen atoms in total. The van der Waals surface area contributed by atoms with Gasteiger partial charge >= 0.3 is 5.97 Å². The summed E-state index contributed by atoms with van der Waals surface area (Å²) >= 11 is 0. The number of benzene rings is 1. The van der Waals surface area contributed by atoms with Gasteiger partial charge in [0.1, 0.15) is 5.75 Å². The van der Waals surface area contributed by atoms with Gasteiger partial charge in [0, 0.05) is 18.2 Å². The molecule has 1 N–H and O–H groups in total. The van der Waals surface area contributed by atoms with E-state index in [0.29, 0.717) is 0 Å². The molecule has 1 amide bonds. The largest absolute Gasteiger partial charge is 0.495 e. The van der Waals surface area contributed by atoms with Crippen LogP contribution in [0.5, 0.6) is 5.75 Å². The Morgan fingerprint density at radius 3 is 2.62 bits per heavy atom. The first-order valence-electron chi connectivity index (χ1n) is 7.02. The van der Waals surface area contributed by atoms with E-state index in [1.807, 2.05) is 0 Å². The molecule has 0 fully saturated rings. The van der Waals surface area contributed by atoms with Gasteiger partial charge in [-0.2, -0.15) is 0 Å². The number of amides is 1. The molecule has 0 saturated heterocycles. The van der Waals surface area contributed by atoms with Gasteiger partial charge in [-0.15, -0.1) is 0 Å². The van der Waals surface area contributed by atoms with Crippen molar-refractivity contribution in [2.75, 3.05) is 12.4 Å². The van der Waals surface area contributed by atoms with Gasteiger partial charge in [0.25, 0.3) is 11.6 Å². The molecule has 0 radical (unpaired) electrons. The van der Waals surface area contributed by atoms with Crippen molar-refractivity contribution < 1.29 is 24.0 Å². The number of anilines is 1. The fraction of sp³-hybridized carbons (Fsp3) is 0.250. The monoisotopic (exact) mass is 334 g/mol. The minimum Gasteiger partial charge on any atom is -0.495 e. The number of esters is 1. The third-order valence-corrected chi connectivity index (χ3v) is 2.85. The Hall–Kier alpha value is -3.16. The van der Waals surface area contributed by atoms with Crippen molar-refractivity contribution in [2.45, 2.75) is 20.0 Å². The molecule has 0 spiro atoms. The van der Waals surface area contributed by atoms with Crippen molar-refractivity contribution in [2.24, 2.45) is 0 Å². The van der Waals surface area contributed by atoms with Gasteiger partial charge < -0.3 is 14.8 Å². The number of nitro groups is 1. The number of hydrogen-bond acceptors (Lipinski definition) is 6. The van der Waals surface area contributed by atoms with E-state index in [4.69, 9.17) is 9.47 Å². The molecule has 0 aliphatic heterocycles. The van der Waals surface area contributed by atoms with Crippen LogP contribution in [-0.4, -0.2) is 30.0 Å². The smallest absolute Gasteiger partial charge is 0.331 e. The summed E-state index contributed by atoms with van der Waals surface area (Å²) in [4.78, 5) is 33.8. The molecule has 24 heavy (non-hydrogen) atoms. The molecular formula is C16H18N2O6. The minimum absolute atomic E-state index is 0.115. The van der Waals surface area contributed by atoms with Crippen LogP contribution < -0.4 is 10.1 Å². The molecule has 0 bridgehead atoms. The Labute approximate surface area is 138 Å². The first kappa shape index (κ1) is 18.9. The number of carbonyl (C=O) groups is 2. The average molecular weight is 334 g/mol. The molecule has 128 valence electrons. The molecule has 1 aromatic carbocycles. The SMILES string of the molecule is CC=CC=CC(=O)OC(C)C(=O)Nc1cc([N+](=O)[O-])ccc1OC. The summed E-state index contributed by atoms with van der Waals surface area (Å²) in [6.45, 7) is 3.18. The number of nitrogens with zero attached hydrogens (tertiary/aromatic N) is 1. The Kier molecular flexibility index (Phi) is 7.15. The van der Waals surface area contributed by atoms with Crippen LogP contribution >= 0.6 is 0 Å². The summed E-state index contributed by atoms with van der Waals surface area (Å²) in [6.07, 6.45) is 4.94. The lowest BCUT2D eigenvalue weighted by Crippen LogP contribution is -2.29. The number of nitrogens with one attached hydrogen (secondary N) is 1. The summed E-state index contributed by atoms with van der Waals surface area (Å²) in [5.41, 5.74) is -0.0888. The van der Waals surface area contributed by atoms with Crippen molar-refractivity contribution in [3.63, 3.8) is 0 Å². The number of methoxy groups -OCH3 is 1. The Morgan fingerprint density at radius 1 is 1.33 bits per heavy atom. The van der Waals surface area contributed by atoms with E-state index in [2.05, 4.69) is 5.32 Å². The first-order chi connectivity index (χ1) is 11.4. The van der Waals surface area contributed by atoms with Crippen LogP contribution in [0.2, 0.25) is 0 Å². The zero-order chi connectivity index (χ0) is 18.1. The third-order valence-electron chi connectivity index (χ3n) is 2.85. The van der Waals surface area contributed by atoms with Crippen molar-refractivity contribution in [3.05, 3.63) is 52.6 Å². The second-order valence-electron chi connectivity index (χ2n) is 4.59. The van der Waals surface area contributed by atoms with Gasteiger partial charge in [-0.05, 0) is 19.9 Å². The van der Waals surface area contributed by atoms with Gasteiger partial charge in [0.05, 0.1) is 17.7 Å². The second-order valence-corrected chi connectivity index (χ2v) is 4.59. The fourth-order valence-corrected chi connectivity index (χ4v) is 1.65. The minimum atomic E-state index is -1.09. The molecule has 0 aromatic heterocycles. The van der Waals surface area contributed by atoms with E-state index in [1.165, 1.54) is 38.3 Å². The molecule has 1 rings (SSSR count). The number of rotatable bonds is 7. The molecule has 1 aromatic rings. The zero-order valence-corrected chi connectivity index (χ0v) is 13.5. The lowest BCUT2D eigenvalue weighted by Gasteiger charge is -2.14. The number of non-ortho nitro benzene ring substituents is 1. The highest BCUT2D eigenvalue weighted by Crippen LogP contribution is 2.29. The maximum Gasteiger partial charge on any atom is 0.331 e. The van der Waals surface area contributed by atoms with E-state index < -0.39 is 22.9 Å².